The van der Waals surface area contributed by atoms with Crippen molar-refractivity contribution in [1.82, 2.24) is 0 Å². The van der Waals surface area contributed by atoms with Gasteiger partial charge >= 0.3 is 5.97 Å². The quantitative estimate of drug-likeness (QED) is 0.751. The number of hydrogen-bond acceptors (Lipinski definition) is 5. The lowest BCUT2D eigenvalue weighted by molar-refractivity contribution is -0.219. The minimum atomic E-state index is -0.942. The smallest absolute Gasteiger partial charge is 0.313 e. The molecule has 0 amide bonds. The van der Waals surface area contributed by atoms with Gasteiger partial charge in [0.05, 0.1) is 31.5 Å². The van der Waals surface area contributed by atoms with Crippen molar-refractivity contribution in [2.75, 3.05) is 7.11 Å². The number of carbonyl (C=O) groups is 1. The van der Waals surface area contributed by atoms with Gasteiger partial charge in [-0.3, -0.25) is 4.79 Å². The molecule has 26 heavy (non-hydrogen) atoms. The van der Waals surface area contributed by atoms with Gasteiger partial charge in [-0.05, 0) is 41.6 Å². The Kier molecular flexibility index (Phi) is 4.05. The van der Waals surface area contributed by atoms with Crippen LogP contribution in [0.25, 0.3) is 0 Å². The molecule has 4 rings (SSSR count). The summed E-state index contributed by atoms with van der Waals surface area (Å²) >= 11 is 0. The Bertz CT molecular complexity index is 707. The van der Waals surface area contributed by atoms with Crippen LogP contribution in [0.2, 0.25) is 0 Å². The van der Waals surface area contributed by atoms with Gasteiger partial charge in [0.1, 0.15) is 5.76 Å². The summed E-state index contributed by atoms with van der Waals surface area (Å²) in [5.41, 5.74) is 0.603. The number of furan rings is 1. The first kappa shape index (κ1) is 18.1. The molecule has 1 aromatic heterocycles. The van der Waals surface area contributed by atoms with E-state index in [1.807, 2.05) is 6.07 Å². The lowest BCUT2D eigenvalue weighted by Gasteiger charge is -2.63. The molecular formula is C21H30O5. The molecule has 5 heteroatoms. The lowest BCUT2D eigenvalue weighted by Crippen LogP contribution is -2.65. The van der Waals surface area contributed by atoms with E-state index in [2.05, 4.69) is 20.8 Å². The van der Waals surface area contributed by atoms with Gasteiger partial charge < -0.3 is 19.4 Å². The molecule has 144 valence electrons. The average molecular weight is 362 g/mol. The SMILES string of the molecule is COC(=O)[C@@H]1c2ccoc2C[C@@H]2[C@@H]1[C@@H](O)[C@H](O)[C@H]1C(C)(C)CCC[C@@]21C. The largest absolute Gasteiger partial charge is 0.469 e. The Morgan fingerprint density at radius 3 is 2.65 bits per heavy atom. The van der Waals surface area contributed by atoms with E-state index in [1.54, 1.807) is 6.26 Å². The third-order valence-electron chi connectivity index (χ3n) is 7.85. The van der Waals surface area contributed by atoms with Crippen LogP contribution in [0, 0.1) is 28.6 Å². The van der Waals surface area contributed by atoms with Crippen molar-refractivity contribution in [3.05, 3.63) is 23.7 Å². The maximum Gasteiger partial charge on any atom is 0.313 e. The van der Waals surface area contributed by atoms with Gasteiger partial charge in [-0.2, -0.15) is 0 Å². The highest BCUT2D eigenvalue weighted by molar-refractivity contribution is 5.79. The number of ether oxygens (including phenoxy) is 1. The van der Waals surface area contributed by atoms with Gasteiger partial charge in [0, 0.05) is 17.9 Å². The van der Waals surface area contributed by atoms with E-state index in [0.717, 1.165) is 30.6 Å². The van der Waals surface area contributed by atoms with Crippen molar-refractivity contribution >= 4 is 5.97 Å². The summed E-state index contributed by atoms with van der Waals surface area (Å²) in [7, 11) is 1.38. The summed E-state index contributed by atoms with van der Waals surface area (Å²) in [5, 5.41) is 22.3. The number of methoxy groups -OCH3 is 1. The molecule has 0 spiro atoms. The molecular weight excluding hydrogens is 332 g/mol. The highest BCUT2D eigenvalue weighted by atomic mass is 16.5. The van der Waals surface area contributed by atoms with Gasteiger partial charge in [-0.25, -0.2) is 0 Å². The third-order valence-corrected chi connectivity index (χ3v) is 7.85. The molecule has 0 bridgehead atoms. The van der Waals surface area contributed by atoms with Crippen LogP contribution in [-0.4, -0.2) is 35.5 Å². The zero-order valence-electron chi connectivity index (χ0n) is 16.1. The number of rotatable bonds is 1. The summed E-state index contributed by atoms with van der Waals surface area (Å²) in [4.78, 5) is 12.7. The molecule has 3 aliphatic carbocycles. The van der Waals surface area contributed by atoms with E-state index in [-0.39, 0.29) is 34.6 Å². The second-order valence-corrected chi connectivity index (χ2v) is 9.49. The fraction of sp³-hybridized carbons (Fsp3) is 0.762. The van der Waals surface area contributed by atoms with Gasteiger partial charge in [-0.15, -0.1) is 0 Å². The first-order valence-corrected chi connectivity index (χ1v) is 9.72. The molecule has 7 atom stereocenters. The number of fused-ring (bicyclic) bond motifs is 4. The Labute approximate surface area is 154 Å². The second kappa shape index (κ2) is 5.83. The lowest BCUT2D eigenvalue weighted by atomic mass is 9.42. The van der Waals surface area contributed by atoms with Crippen LogP contribution in [0.15, 0.2) is 16.7 Å². The van der Waals surface area contributed by atoms with E-state index in [4.69, 9.17) is 9.15 Å². The molecule has 1 heterocycles. The maximum atomic E-state index is 12.7. The Balaban J connectivity index is 1.86. The Morgan fingerprint density at radius 2 is 1.96 bits per heavy atom. The number of hydrogen-bond donors (Lipinski definition) is 2. The topological polar surface area (TPSA) is 79.9 Å². The van der Waals surface area contributed by atoms with Gasteiger partial charge in [0.2, 0.25) is 0 Å². The van der Waals surface area contributed by atoms with Crippen LogP contribution in [0.3, 0.4) is 0 Å². The van der Waals surface area contributed by atoms with Crippen LogP contribution in [0.5, 0.6) is 0 Å². The van der Waals surface area contributed by atoms with Crippen LogP contribution in [-0.2, 0) is 16.0 Å². The zero-order valence-corrected chi connectivity index (χ0v) is 16.1. The molecule has 0 aliphatic heterocycles. The molecule has 2 N–H and O–H groups in total. The third kappa shape index (κ3) is 2.26. The highest BCUT2D eigenvalue weighted by Gasteiger charge is 2.64. The van der Waals surface area contributed by atoms with Crippen LogP contribution in [0.1, 0.15) is 57.3 Å². The molecule has 0 unspecified atom stereocenters. The summed E-state index contributed by atoms with van der Waals surface area (Å²) in [5.74, 6) is -0.389. The van der Waals surface area contributed by atoms with E-state index in [9.17, 15) is 15.0 Å². The first-order valence-electron chi connectivity index (χ1n) is 9.72. The average Bonchev–Trinajstić information content (AvgIpc) is 3.05. The normalized spacial score (nSPS) is 43.8. The first-order chi connectivity index (χ1) is 12.2. The van der Waals surface area contributed by atoms with E-state index in [1.165, 1.54) is 7.11 Å². The molecule has 2 saturated carbocycles. The maximum absolute atomic E-state index is 12.7. The van der Waals surface area contributed by atoms with Crippen molar-refractivity contribution in [1.29, 1.82) is 0 Å². The molecule has 2 fully saturated rings. The van der Waals surface area contributed by atoms with Crippen molar-refractivity contribution in [3.63, 3.8) is 0 Å². The molecule has 0 radical (unpaired) electrons. The van der Waals surface area contributed by atoms with Gasteiger partial charge in [0.15, 0.2) is 0 Å². The minimum absolute atomic E-state index is 0.00481. The molecule has 0 saturated heterocycles. The van der Waals surface area contributed by atoms with Crippen LogP contribution >= 0.6 is 0 Å². The Morgan fingerprint density at radius 1 is 1.23 bits per heavy atom. The number of aliphatic hydroxyl groups is 2. The van der Waals surface area contributed by atoms with Crippen LogP contribution in [0.4, 0.5) is 0 Å². The number of carbonyl (C=O) groups excluding carboxylic acids is 1. The monoisotopic (exact) mass is 362 g/mol. The predicted octanol–water partition coefficient (Wildman–Crippen LogP) is 2.89. The van der Waals surface area contributed by atoms with Gasteiger partial charge in [-0.1, -0.05) is 27.2 Å². The Hall–Kier alpha value is -1.33. The van der Waals surface area contributed by atoms with Crippen LogP contribution < -0.4 is 0 Å². The van der Waals surface area contributed by atoms with E-state index < -0.39 is 18.1 Å². The van der Waals surface area contributed by atoms with Crippen molar-refractivity contribution in [2.24, 2.45) is 28.6 Å². The summed E-state index contributed by atoms with van der Waals surface area (Å²) in [6, 6.07) is 1.81. The summed E-state index contributed by atoms with van der Waals surface area (Å²) < 4.78 is 10.8. The second-order valence-electron chi connectivity index (χ2n) is 9.49. The van der Waals surface area contributed by atoms with Crippen molar-refractivity contribution < 1.29 is 24.2 Å². The minimum Gasteiger partial charge on any atom is -0.469 e. The van der Waals surface area contributed by atoms with E-state index >= 15 is 0 Å². The molecule has 1 aromatic rings. The fourth-order valence-electron chi connectivity index (χ4n) is 6.91. The predicted molar refractivity (Wildman–Crippen MR) is 95.4 cm³/mol. The number of aliphatic hydroxyl groups excluding tert-OH is 2. The van der Waals surface area contributed by atoms with Gasteiger partial charge in [0.25, 0.3) is 0 Å². The fourth-order valence-corrected chi connectivity index (χ4v) is 6.91. The zero-order chi connectivity index (χ0) is 18.9. The molecule has 5 nitrogen and oxygen atoms in total. The highest BCUT2D eigenvalue weighted by Crippen LogP contribution is 2.64. The molecule has 3 aliphatic rings. The number of esters is 1. The standard InChI is InChI=1S/C21H30O5/c1-20(2)7-5-8-21(3)12-10-13-11(6-9-26-13)14(19(24)25-4)15(12)16(22)17(23)18(20)21/h6,9,12,14-18,22-23H,5,7-8,10H2,1-4H3/t12-,14-,15+,16-,17+,18+,21+/m1/s1. The van der Waals surface area contributed by atoms with E-state index in [0.29, 0.717) is 6.42 Å². The molecule has 0 aromatic carbocycles. The summed E-state index contributed by atoms with van der Waals surface area (Å²) in [6.45, 7) is 6.64. The summed E-state index contributed by atoms with van der Waals surface area (Å²) in [6.07, 6.45) is 3.68. The van der Waals surface area contributed by atoms with Crippen molar-refractivity contribution in [3.8, 4) is 0 Å². The van der Waals surface area contributed by atoms with Crippen molar-refractivity contribution in [2.45, 2.75) is 64.6 Å².